The van der Waals surface area contributed by atoms with Crippen molar-refractivity contribution in [2.24, 2.45) is 10.4 Å². The molecule has 0 amide bonds. The maximum atomic E-state index is 5.53. The van der Waals surface area contributed by atoms with Gasteiger partial charge in [0.15, 0.2) is 5.96 Å². The monoisotopic (exact) mass is 383 g/mol. The topological polar surface area (TPSA) is 45.7 Å². The van der Waals surface area contributed by atoms with Crippen LogP contribution in [0.1, 0.15) is 46.0 Å². The van der Waals surface area contributed by atoms with Gasteiger partial charge in [-0.25, -0.2) is 0 Å². The minimum absolute atomic E-state index is 0. The summed E-state index contributed by atoms with van der Waals surface area (Å²) in [5.41, 5.74) is 0.417. The van der Waals surface area contributed by atoms with E-state index in [1.54, 1.807) is 0 Å². The molecule has 0 saturated heterocycles. The summed E-state index contributed by atoms with van der Waals surface area (Å²) >= 11 is 0. The van der Waals surface area contributed by atoms with Crippen LogP contribution < -0.4 is 10.6 Å². The van der Waals surface area contributed by atoms with Crippen molar-refractivity contribution in [2.45, 2.75) is 46.0 Å². The van der Waals surface area contributed by atoms with Gasteiger partial charge in [0, 0.05) is 33.4 Å². The third-order valence-electron chi connectivity index (χ3n) is 3.84. The molecule has 19 heavy (non-hydrogen) atoms. The normalized spacial score (nSPS) is 17.9. The second-order valence-corrected chi connectivity index (χ2v) is 5.11. The molecule has 0 aliphatic heterocycles. The highest BCUT2D eigenvalue weighted by Gasteiger charge is 2.33. The average molecular weight is 383 g/mol. The number of aliphatic imine (C=N–C) groups is 1. The Kier molecular flexibility index (Phi) is 10.7. The molecule has 1 aliphatic rings. The summed E-state index contributed by atoms with van der Waals surface area (Å²) in [5.74, 6) is 0.917. The van der Waals surface area contributed by atoms with Crippen LogP contribution in [-0.4, -0.2) is 39.3 Å². The molecule has 0 aromatic carbocycles. The number of halogens is 1. The third-order valence-corrected chi connectivity index (χ3v) is 3.84. The van der Waals surface area contributed by atoms with Crippen LogP contribution in [0, 0.1) is 5.41 Å². The Balaban J connectivity index is 0.00000324. The maximum absolute atomic E-state index is 5.53. The number of hydrogen-bond donors (Lipinski definition) is 2. The van der Waals surface area contributed by atoms with E-state index in [-0.39, 0.29) is 24.0 Å². The molecule has 0 radical (unpaired) electrons. The van der Waals surface area contributed by atoms with E-state index in [2.05, 4.69) is 29.5 Å². The van der Waals surface area contributed by atoms with Gasteiger partial charge in [-0.05, 0) is 38.5 Å². The fraction of sp³-hybridized carbons (Fsp3) is 0.929. The number of ether oxygens (including phenoxy) is 1. The molecule has 114 valence electrons. The lowest BCUT2D eigenvalue weighted by Crippen LogP contribution is -2.43. The van der Waals surface area contributed by atoms with Crippen LogP contribution >= 0.6 is 24.0 Å². The van der Waals surface area contributed by atoms with Gasteiger partial charge in [-0.15, -0.1) is 24.0 Å². The van der Waals surface area contributed by atoms with Crippen molar-refractivity contribution in [3.63, 3.8) is 0 Å². The first kappa shape index (κ1) is 19.0. The van der Waals surface area contributed by atoms with Crippen molar-refractivity contribution < 1.29 is 4.74 Å². The quantitative estimate of drug-likeness (QED) is 0.308. The lowest BCUT2D eigenvalue weighted by molar-refractivity contribution is 0.105. The summed E-state index contributed by atoms with van der Waals surface area (Å²) in [7, 11) is 1.83. The molecule has 0 aromatic rings. The van der Waals surface area contributed by atoms with Crippen molar-refractivity contribution in [1.29, 1.82) is 0 Å². The zero-order chi connectivity index (χ0) is 13.3. The van der Waals surface area contributed by atoms with Gasteiger partial charge >= 0.3 is 0 Å². The van der Waals surface area contributed by atoms with E-state index in [0.717, 1.165) is 38.7 Å². The van der Waals surface area contributed by atoms with E-state index in [4.69, 9.17) is 4.74 Å². The highest BCUT2D eigenvalue weighted by atomic mass is 127. The summed E-state index contributed by atoms with van der Waals surface area (Å²) in [6.07, 6.45) is 6.50. The standard InChI is InChI=1S/C14H29N3O.HI/c1-4-16-13(15-3)17-12-14(8-6-7-9-14)10-11-18-5-2;/h4-12H2,1-3H3,(H2,15,16,17);1H. The van der Waals surface area contributed by atoms with E-state index in [1.807, 2.05) is 7.05 Å². The van der Waals surface area contributed by atoms with Gasteiger partial charge in [0.25, 0.3) is 0 Å². The molecule has 0 spiro atoms. The number of nitrogens with zero attached hydrogens (tertiary/aromatic N) is 1. The Hall–Kier alpha value is -0.0400. The highest BCUT2D eigenvalue weighted by molar-refractivity contribution is 14.0. The summed E-state index contributed by atoms with van der Waals surface area (Å²) in [5, 5.41) is 6.71. The lowest BCUT2D eigenvalue weighted by atomic mass is 9.83. The van der Waals surface area contributed by atoms with E-state index in [0.29, 0.717) is 5.41 Å². The van der Waals surface area contributed by atoms with Crippen molar-refractivity contribution in [2.75, 3.05) is 33.4 Å². The van der Waals surface area contributed by atoms with E-state index >= 15 is 0 Å². The molecule has 4 nitrogen and oxygen atoms in total. The van der Waals surface area contributed by atoms with Crippen molar-refractivity contribution >= 4 is 29.9 Å². The van der Waals surface area contributed by atoms with Gasteiger partial charge in [0.2, 0.25) is 0 Å². The Morgan fingerprint density at radius 3 is 2.42 bits per heavy atom. The number of nitrogens with one attached hydrogen (secondary N) is 2. The largest absolute Gasteiger partial charge is 0.382 e. The summed E-state index contributed by atoms with van der Waals surface area (Å²) < 4.78 is 5.53. The Labute approximate surface area is 135 Å². The molecular formula is C14H30IN3O. The van der Waals surface area contributed by atoms with Crippen molar-refractivity contribution in [3.05, 3.63) is 0 Å². The molecular weight excluding hydrogens is 353 g/mol. The van der Waals surface area contributed by atoms with Crippen LogP contribution in [0.15, 0.2) is 4.99 Å². The van der Waals surface area contributed by atoms with Crippen LogP contribution in [0.5, 0.6) is 0 Å². The molecule has 1 rings (SSSR count). The second kappa shape index (κ2) is 10.7. The fourth-order valence-electron chi connectivity index (χ4n) is 2.73. The van der Waals surface area contributed by atoms with E-state index in [1.165, 1.54) is 25.7 Å². The highest BCUT2D eigenvalue weighted by Crippen LogP contribution is 2.40. The number of rotatable bonds is 7. The minimum Gasteiger partial charge on any atom is -0.382 e. The third kappa shape index (κ3) is 6.79. The number of hydrogen-bond acceptors (Lipinski definition) is 2. The molecule has 0 heterocycles. The van der Waals surface area contributed by atoms with Crippen molar-refractivity contribution in [1.82, 2.24) is 10.6 Å². The van der Waals surface area contributed by atoms with Crippen LogP contribution in [0.4, 0.5) is 0 Å². The minimum atomic E-state index is 0. The van der Waals surface area contributed by atoms with Crippen LogP contribution in [0.2, 0.25) is 0 Å². The van der Waals surface area contributed by atoms with Crippen LogP contribution in [0.3, 0.4) is 0 Å². The average Bonchev–Trinajstić information content (AvgIpc) is 2.84. The molecule has 1 fully saturated rings. The Morgan fingerprint density at radius 1 is 1.21 bits per heavy atom. The molecule has 1 aliphatic carbocycles. The zero-order valence-electron chi connectivity index (χ0n) is 12.6. The lowest BCUT2D eigenvalue weighted by Gasteiger charge is -2.30. The van der Waals surface area contributed by atoms with Crippen molar-refractivity contribution in [3.8, 4) is 0 Å². The van der Waals surface area contributed by atoms with Gasteiger partial charge in [-0.3, -0.25) is 4.99 Å². The number of guanidine groups is 1. The van der Waals surface area contributed by atoms with Gasteiger partial charge in [-0.1, -0.05) is 12.8 Å². The van der Waals surface area contributed by atoms with Gasteiger partial charge in [0.05, 0.1) is 0 Å². The molecule has 0 bridgehead atoms. The Morgan fingerprint density at radius 2 is 1.89 bits per heavy atom. The maximum Gasteiger partial charge on any atom is 0.190 e. The predicted molar refractivity (Wildman–Crippen MR) is 92.5 cm³/mol. The van der Waals surface area contributed by atoms with Crippen LogP contribution in [-0.2, 0) is 4.74 Å². The Bertz CT molecular complexity index is 253. The molecule has 0 aromatic heterocycles. The van der Waals surface area contributed by atoms with Gasteiger partial charge < -0.3 is 15.4 Å². The first-order chi connectivity index (χ1) is 8.76. The fourth-order valence-corrected chi connectivity index (χ4v) is 2.73. The second-order valence-electron chi connectivity index (χ2n) is 5.11. The van der Waals surface area contributed by atoms with E-state index in [9.17, 15) is 0 Å². The predicted octanol–water partition coefficient (Wildman–Crippen LogP) is 2.78. The first-order valence-corrected chi connectivity index (χ1v) is 7.28. The van der Waals surface area contributed by atoms with Gasteiger partial charge in [0.1, 0.15) is 0 Å². The SMILES string of the molecule is CCNC(=NC)NCC1(CCOCC)CCCC1.I. The molecule has 0 unspecified atom stereocenters. The molecule has 5 heteroatoms. The summed E-state index contributed by atoms with van der Waals surface area (Å²) in [6, 6.07) is 0. The van der Waals surface area contributed by atoms with E-state index < -0.39 is 0 Å². The zero-order valence-corrected chi connectivity index (χ0v) is 15.0. The van der Waals surface area contributed by atoms with Gasteiger partial charge in [-0.2, -0.15) is 0 Å². The molecule has 2 N–H and O–H groups in total. The van der Waals surface area contributed by atoms with Crippen LogP contribution in [0.25, 0.3) is 0 Å². The molecule has 1 saturated carbocycles. The first-order valence-electron chi connectivity index (χ1n) is 7.28. The molecule has 0 atom stereocenters. The summed E-state index contributed by atoms with van der Waals surface area (Å²) in [6.45, 7) is 7.78. The summed E-state index contributed by atoms with van der Waals surface area (Å²) in [4.78, 5) is 4.23. The smallest absolute Gasteiger partial charge is 0.190 e.